The summed E-state index contributed by atoms with van der Waals surface area (Å²) in [6, 6.07) is 10.6. The summed E-state index contributed by atoms with van der Waals surface area (Å²) in [5.41, 5.74) is 0.504. The smallest absolute Gasteiger partial charge is 0.126 e. The summed E-state index contributed by atoms with van der Waals surface area (Å²) < 4.78 is 6.11. The van der Waals surface area contributed by atoms with Crippen molar-refractivity contribution in [1.82, 2.24) is 0 Å². The highest BCUT2D eigenvalue weighted by molar-refractivity contribution is 5.42. The molecule has 0 aliphatic rings. The molecule has 196 valence electrons. The van der Waals surface area contributed by atoms with Crippen LogP contribution in [0.5, 0.6) is 11.5 Å². The number of benzene rings is 2. The normalized spacial score (nSPS) is 15.3. The molecule has 0 fully saturated rings. The molecule has 2 rings (SSSR count). The van der Waals surface area contributed by atoms with E-state index in [1.165, 1.54) is 0 Å². The fraction of sp³-hybridized carbons (Fsp3) is 0.600. The Hall–Kier alpha value is -2.08. The number of hydrogen-bond acceptors (Lipinski definition) is 5. The van der Waals surface area contributed by atoms with E-state index in [4.69, 9.17) is 4.74 Å². The molecule has 0 aliphatic heterocycles. The molecule has 0 saturated carbocycles. The summed E-state index contributed by atoms with van der Waals surface area (Å²) in [4.78, 5) is 0. The molecular formula is C30H46O5. The summed E-state index contributed by atoms with van der Waals surface area (Å²) in [6.45, 7) is 12.3. The van der Waals surface area contributed by atoms with Crippen molar-refractivity contribution in [2.24, 2.45) is 11.8 Å². The first-order chi connectivity index (χ1) is 16.4. The molecule has 0 bridgehead atoms. The average molecular weight is 487 g/mol. The number of ether oxygens (including phenoxy) is 1. The van der Waals surface area contributed by atoms with Crippen LogP contribution in [0.1, 0.15) is 102 Å². The van der Waals surface area contributed by atoms with Gasteiger partial charge in [0.15, 0.2) is 0 Å². The van der Waals surface area contributed by atoms with E-state index in [-0.39, 0.29) is 19.0 Å². The molecule has 0 spiro atoms. The second-order valence-electron chi connectivity index (χ2n) is 11.2. The van der Waals surface area contributed by atoms with Gasteiger partial charge in [-0.3, -0.25) is 0 Å². The van der Waals surface area contributed by atoms with Gasteiger partial charge in [-0.1, -0.05) is 64.8 Å². The van der Waals surface area contributed by atoms with Crippen molar-refractivity contribution in [2.45, 2.75) is 104 Å². The fourth-order valence-electron chi connectivity index (χ4n) is 4.49. The van der Waals surface area contributed by atoms with Crippen LogP contribution in [0.2, 0.25) is 0 Å². The van der Waals surface area contributed by atoms with E-state index in [9.17, 15) is 20.4 Å². The van der Waals surface area contributed by atoms with E-state index < -0.39 is 11.2 Å². The zero-order chi connectivity index (χ0) is 26.2. The minimum atomic E-state index is -1.10. The summed E-state index contributed by atoms with van der Waals surface area (Å²) in [5.74, 6) is 1.72. The van der Waals surface area contributed by atoms with Crippen LogP contribution in [0, 0.1) is 11.8 Å². The van der Waals surface area contributed by atoms with Crippen LogP contribution < -0.4 is 4.74 Å². The molecule has 5 heteroatoms. The SMILES string of the molecule is CC(C)CCC[C@](C)(O)c1ccc(COc2cc(CO)ccc2[C@@](C)(O)CCCC(C)C)cc1O. The van der Waals surface area contributed by atoms with Crippen LogP contribution in [-0.4, -0.2) is 20.4 Å². The van der Waals surface area contributed by atoms with E-state index in [1.807, 2.05) is 12.1 Å². The maximum absolute atomic E-state index is 11.2. The third-order valence-corrected chi connectivity index (χ3v) is 6.74. The highest BCUT2D eigenvalue weighted by Crippen LogP contribution is 2.37. The summed E-state index contributed by atoms with van der Waals surface area (Å²) >= 11 is 0. The van der Waals surface area contributed by atoms with Gasteiger partial charge in [-0.2, -0.15) is 0 Å². The van der Waals surface area contributed by atoms with Gasteiger partial charge < -0.3 is 25.2 Å². The first kappa shape index (κ1) is 29.2. The number of aromatic hydroxyl groups is 1. The largest absolute Gasteiger partial charge is 0.508 e. The van der Waals surface area contributed by atoms with Gasteiger partial charge in [0.05, 0.1) is 17.8 Å². The van der Waals surface area contributed by atoms with Crippen LogP contribution in [0.4, 0.5) is 0 Å². The molecule has 2 aromatic rings. The van der Waals surface area contributed by atoms with Crippen molar-refractivity contribution < 1.29 is 25.2 Å². The molecule has 0 amide bonds. The number of phenolic OH excluding ortho intramolecular Hbond substituents is 1. The first-order valence-corrected chi connectivity index (χ1v) is 13.0. The standard InChI is InChI=1S/C30H46O5/c1-21(2)9-7-15-29(5,33)25-13-12-24(17-27(25)32)20-35-28-18-23(19-31)11-14-26(28)30(6,34)16-8-10-22(3)4/h11-14,17-18,21-22,31-34H,7-10,15-16,19-20H2,1-6H3/t29-,30-/m0/s1. The predicted octanol–water partition coefficient (Wildman–Crippen LogP) is 6.53. The maximum Gasteiger partial charge on any atom is 0.126 e. The maximum atomic E-state index is 11.2. The zero-order valence-electron chi connectivity index (χ0n) is 22.5. The molecular weight excluding hydrogens is 440 g/mol. The molecule has 35 heavy (non-hydrogen) atoms. The Labute approximate surface area is 211 Å². The summed E-state index contributed by atoms with van der Waals surface area (Å²) in [5, 5.41) is 42.4. The van der Waals surface area contributed by atoms with Crippen LogP contribution in [0.15, 0.2) is 36.4 Å². The quantitative estimate of drug-likeness (QED) is 0.244. The molecule has 0 radical (unpaired) electrons. The van der Waals surface area contributed by atoms with Crippen molar-refractivity contribution in [1.29, 1.82) is 0 Å². The van der Waals surface area contributed by atoms with E-state index in [2.05, 4.69) is 27.7 Å². The second kappa shape index (κ2) is 12.8. The lowest BCUT2D eigenvalue weighted by Crippen LogP contribution is -2.22. The van der Waals surface area contributed by atoms with E-state index in [0.29, 0.717) is 47.1 Å². The van der Waals surface area contributed by atoms with Gasteiger partial charge in [-0.05, 0) is 74.6 Å². The topological polar surface area (TPSA) is 90.2 Å². The lowest BCUT2D eigenvalue weighted by molar-refractivity contribution is 0.0401. The minimum absolute atomic E-state index is 0.0469. The lowest BCUT2D eigenvalue weighted by atomic mass is 9.87. The van der Waals surface area contributed by atoms with Crippen LogP contribution >= 0.6 is 0 Å². The number of rotatable bonds is 14. The van der Waals surface area contributed by atoms with Crippen LogP contribution in [-0.2, 0) is 24.4 Å². The molecule has 2 aromatic carbocycles. The molecule has 0 heterocycles. The Bertz CT molecular complexity index is 930. The van der Waals surface area contributed by atoms with Gasteiger partial charge in [0, 0.05) is 11.1 Å². The van der Waals surface area contributed by atoms with Crippen molar-refractivity contribution in [3.63, 3.8) is 0 Å². The van der Waals surface area contributed by atoms with Gasteiger partial charge >= 0.3 is 0 Å². The lowest BCUT2D eigenvalue weighted by Gasteiger charge is -2.27. The Kier molecular flexibility index (Phi) is 10.6. The van der Waals surface area contributed by atoms with Crippen molar-refractivity contribution in [3.05, 3.63) is 58.7 Å². The van der Waals surface area contributed by atoms with Crippen molar-refractivity contribution in [3.8, 4) is 11.5 Å². The van der Waals surface area contributed by atoms with Crippen molar-refractivity contribution in [2.75, 3.05) is 0 Å². The molecule has 0 aromatic heterocycles. The van der Waals surface area contributed by atoms with Gasteiger partial charge in [-0.25, -0.2) is 0 Å². The highest BCUT2D eigenvalue weighted by Gasteiger charge is 2.28. The van der Waals surface area contributed by atoms with Crippen LogP contribution in [0.3, 0.4) is 0 Å². The third-order valence-electron chi connectivity index (χ3n) is 6.74. The Morgan fingerprint density at radius 2 is 1.29 bits per heavy atom. The predicted molar refractivity (Wildman–Crippen MR) is 141 cm³/mol. The van der Waals surface area contributed by atoms with E-state index >= 15 is 0 Å². The fourth-order valence-corrected chi connectivity index (χ4v) is 4.49. The molecule has 5 nitrogen and oxygen atoms in total. The minimum Gasteiger partial charge on any atom is -0.508 e. The first-order valence-electron chi connectivity index (χ1n) is 13.0. The molecule has 2 atom stereocenters. The van der Waals surface area contributed by atoms with Crippen molar-refractivity contribution >= 4 is 0 Å². The third kappa shape index (κ3) is 8.82. The Morgan fingerprint density at radius 3 is 1.80 bits per heavy atom. The molecule has 4 N–H and O–H groups in total. The van der Waals surface area contributed by atoms with Gasteiger partial charge in [0.25, 0.3) is 0 Å². The molecule has 0 aliphatic carbocycles. The average Bonchev–Trinajstić information content (AvgIpc) is 2.76. The number of aliphatic hydroxyl groups is 3. The van der Waals surface area contributed by atoms with Gasteiger partial charge in [0.1, 0.15) is 18.1 Å². The monoisotopic (exact) mass is 486 g/mol. The molecule has 0 unspecified atom stereocenters. The zero-order valence-corrected chi connectivity index (χ0v) is 22.5. The second-order valence-corrected chi connectivity index (χ2v) is 11.2. The number of phenols is 1. The highest BCUT2D eigenvalue weighted by atomic mass is 16.5. The Balaban J connectivity index is 2.17. The summed E-state index contributed by atoms with van der Waals surface area (Å²) in [6.07, 6.45) is 5.04. The van der Waals surface area contributed by atoms with Gasteiger partial charge in [-0.15, -0.1) is 0 Å². The van der Waals surface area contributed by atoms with Gasteiger partial charge in [0.2, 0.25) is 0 Å². The Morgan fingerprint density at radius 1 is 0.771 bits per heavy atom. The summed E-state index contributed by atoms with van der Waals surface area (Å²) in [7, 11) is 0. The number of aliphatic hydroxyl groups excluding tert-OH is 1. The van der Waals surface area contributed by atoms with Crippen LogP contribution in [0.25, 0.3) is 0 Å². The van der Waals surface area contributed by atoms with E-state index in [1.54, 1.807) is 38.1 Å². The molecule has 0 saturated heterocycles. The number of hydrogen-bond donors (Lipinski definition) is 4. The van der Waals surface area contributed by atoms with E-state index in [0.717, 1.165) is 31.2 Å².